The zero-order valence-corrected chi connectivity index (χ0v) is 15.8. The molecule has 1 aromatic heterocycles. The van der Waals surface area contributed by atoms with Crippen LogP contribution in [-0.4, -0.2) is 35.5 Å². The molecule has 5 nitrogen and oxygen atoms in total. The van der Waals surface area contributed by atoms with Gasteiger partial charge in [0.05, 0.1) is 0 Å². The Hall–Kier alpha value is -2.53. The number of oxazole rings is 1. The van der Waals surface area contributed by atoms with E-state index in [0.717, 1.165) is 46.8 Å². The molecule has 1 saturated heterocycles. The van der Waals surface area contributed by atoms with Crippen molar-refractivity contribution in [2.45, 2.75) is 25.2 Å². The number of hydrogen-bond donors (Lipinski definition) is 1. The summed E-state index contributed by atoms with van der Waals surface area (Å²) in [5.74, 6) is 1.06. The molecule has 0 spiro atoms. The molecule has 0 radical (unpaired) electrons. The van der Waals surface area contributed by atoms with E-state index in [0.29, 0.717) is 19.6 Å². The summed E-state index contributed by atoms with van der Waals surface area (Å²) in [6.45, 7) is 2.03. The molecule has 0 saturated carbocycles. The van der Waals surface area contributed by atoms with Crippen molar-refractivity contribution >= 4 is 28.7 Å². The third kappa shape index (κ3) is 4.25. The van der Waals surface area contributed by atoms with Crippen LogP contribution in [0, 0.1) is 0 Å². The van der Waals surface area contributed by atoms with Crippen LogP contribution in [-0.2, 0) is 6.42 Å². The molecule has 6 heteroatoms. The number of carbonyl (C=O) groups excluding carboxylic acids is 1. The van der Waals surface area contributed by atoms with Crippen LogP contribution in [0.1, 0.15) is 30.2 Å². The number of amides is 2. The normalized spacial score (nSPS) is 15.2. The Bertz CT molecular complexity index is 899. The maximum absolute atomic E-state index is 12.4. The fourth-order valence-electron chi connectivity index (χ4n) is 3.51. The van der Waals surface area contributed by atoms with Crippen LogP contribution in [0.2, 0.25) is 5.02 Å². The van der Waals surface area contributed by atoms with Crippen LogP contribution in [0.15, 0.2) is 52.9 Å². The van der Waals surface area contributed by atoms with Gasteiger partial charge in [0.2, 0.25) is 0 Å². The largest absolute Gasteiger partial charge is 0.440 e. The lowest BCUT2D eigenvalue weighted by atomic mass is 9.97. The minimum absolute atomic E-state index is 0.00644. The number of urea groups is 1. The van der Waals surface area contributed by atoms with E-state index < -0.39 is 0 Å². The van der Waals surface area contributed by atoms with E-state index in [1.54, 1.807) is 0 Å². The summed E-state index contributed by atoms with van der Waals surface area (Å²) in [7, 11) is 0. The van der Waals surface area contributed by atoms with Gasteiger partial charge in [-0.15, -0.1) is 0 Å². The molecule has 27 heavy (non-hydrogen) atoms. The van der Waals surface area contributed by atoms with Crippen molar-refractivity contribution < 1.29 is 9.21 Å². The molecule has 4 rings (SSSR count). The maximum atomic E-state index is 12.4. The molecule has 140 valence electrons. The van der Waals surface area contributed by atoms with E-state index in [2.05, 4.69) is 10.3 Å². The molecule has 0 aliphatic carbocycles. The fraction of sp³-hybridized carbons (Fsp3) is 0.333. The Kier molecular flexibility index (Phi) is 5.30. The summed E-state index contributed by atoms with van der Waals surface area (Å²) in [6.07, 6.45) is 2.51. The zero-order valence-electron chi connectivity index (χ0n) is 15.0. The van der Waals surface area contributed by atoms with Gasteiger partial charge in [-0.25, -0.2) is 9.78 Å². The number of carbonyl (C=O) groups is 1. The molecule has 2 heterocycles. The molecule has 2 aromatic carbocycles. The summed E-state index contributed by atoms with van der Waals surface area (Å²) >= 11 is 5.99. The average Bonchev–Trinajstić information content (AvgIpc) is 3.12. The molecular weight excluding hydrogens is 362 g/mol. The summed E-state index contributed by atoms with van der Waals surface area (Å²) in [4.78, 5) is 18.9. The lowest BCUT2D eigenvalue weighted by molar-refractivity contribution is 0.178. The summed E-state index contributed by atoms with van der Waals surface area (Å²) < 4.78 is 5.89. The number of hydrogen-bond acceptors (Lipinski definition) is 3. The van der Waals surface area contributed by atoms with Crippen LogP contribution in [0.3, 0.4) is 0 Å². The van der Waals surface area contributed by atoms with E-state index in [4.69, 9.17) is 16.0 Å². The number of fused-ring (bicyclic) bond motifs is 1. The summed E-state index contributed by atoms with van der Waals surface area (Å²) in [5, 5.41) is 3.72. The molecule has 2 amide bonds. The second kappa shape index (κ2) is 8.01. The number of nitrogens with one attached hydrogen (secondary N) is 1. The number of rotatable bonds is 4. The highest BCUT2D eigenvalue weighted by Gasteiger charge is 2.26. The van der Waals surface area contributed by atoms with Gasteiger partial charge < -0.3 is 14.6 Å². The molecule has 0 bridgehead atoms. The SMILES string of the molecule is O=C(NCCc1cccc(Cl)c1)N1CCC(c2nc3ccccc3o2)CC1. The van der Waals surface area contributed by atoms with Gasteiger partial charge >= 0.3 is 6.03 Å². The minimum Gasteiger partial charge on any atom is -0.440 e. The van der Waals surface area contributed by atoms with Gasteiger partial charge in [-0.2, -0.15) is 0 Å². The van der Waals surface area contributed by atoms with Gasteiger partial charge in [0.25, 0.3) is 0 Å². The van der Waals surface area contributed by atoms with Crippen LogP contribution in [0.25, 0.3) is 11.1 Å². The third-order valence-electron chi connectivity index (χ3n) is 5.02. The molecular formula is C21H22ClN3O2. The Morgan fingerprint density at radius 1 is 1.19 bits per heavy atom. The number of nitrogens with zero attached hydrogens (tertiary/aromatic N) is 2. The van der Waals surface area contributed by atoms with Gasteiger partial charge in [-0.05, 0) is 49.1 Å². The van der Waals surface area contributed by atoms with E-state index in [-0.39, 0.29) is 11.9 Å². The van der Waals surface area contributed by atoms with Crippen molar-refractivity contribution in [2.24, 2.45) is 0 Å². The fourth-order valence-corrected chi connectivity index (χ4v) is 3.73. The highest BCUT2D eigenvalue weighted by molar-refractivity contribution is 6.30. The Balaban J connectivity index is 1.26. The first kappa shape index (κ1) is 17.9. The number of aromatic nitrogens is 1. The van der Waals surface area contributed by atoms with Crippen LogP contribution >= 0.6 is 11.6 Å². The van der Waals surface area contributed by atoms with E-state index >= 15 is 0 Å². The van der Waals surface area contributed by atoms with Crippen LogP contribution in [0.5, 0.6) is 0 Å². The van der Waals surface area contributed by atoms with Crippen molar-refractivity contribution in [3.05, 3.63) is 65.0 Å². The molecule has 1 fully saturated rings. The quantitative estimate of drug-likeness (QED) is 0.715. The van der Waals surface area contributed by atoms with Gasteiger partial charge in [0.1, 0.15) is 5.52 Å². The highest BCUT2D eigenvalue weighted by Crippen LogP contribution is 2.29. The molecule has 0 atom stereocenters. The predicted molar refractivity (Wildman–Crippen MR) is 106 cm³/mol. The van der Waals surface area contributed by atoms with Crippen molar-refractivity contribution in [3.63, 3.8) is 0 Å². The molecule has 3 aromatic rings. The number of para-hydroxylation sites is 2. The topological polar surface area (TPSA) is 58.4 Å². The standard InChI is InChI=1S/C21H22ClN3O2/c22-17-5-3-4-15(14-17)8-11-23-21(26)25-12-9-16(10-13-25)20-24-18-6-1-2-7-19(18)27-20/h1-7,14,16H,8-13H2,(H,23,26). The van der Waals surface area contributed by atoms with Crippen molar-refractivity contribution in [1.82, 2.24) is 15.2 Å². The smallest absolute Gasteiger partial charge is 0.317 e. The highest BCUT2D eigenvalue weighted by atomic mass is 35.5. The Labute approximate surface area is 163 Å². The Morgan fingerprint density at radius 2 is 2.00 bits per heavy atom. The number of likely N-dealkylation sites (tertiary alicyclic amines) is 1. The predicted octanol–water partition coefficient (Wildman–Crippen LogP) is 4.61. The van der Waals surface area contributed by atoms with E-state index in [1.807, 2.05) is 53.4 Å². The summed E-state index contributed by atoms with van der Waals surface area (Å²) in [5.41, 5.74) is 2.85. The maximum Gasteiger partial charge on any atom is 0.317 e. The molecule has 1 N–H and O–H groups in total. The molecule has 0 unspecified atom stereocenters. The molecule has 1 aliphatic rings. The third-order valence-corrected chi connectivity index (χ3v) is 5.26. The minimum atomic E-state index is -0.00644. The van der Waals surface area contributed by atoms with Crippen LogP contribution in [0.4, 0.5) is 4.79 Å². The van der Waals surface area contributed by atoms with Gasteiger partial charge in [-0.3, -0.25) is 0 Å². The first-order valence-corrected chi connectivity index (χ1v) is 9.69. The van der Waals surface area contributed by atoms with Gasteiger partial charge in [-0.1, -0.05) is 35.9 Å². The number of halogens is 1. The van der Waals surface area contributed by atoms with Crippen molar-refractivity contribution in [1.29, 1.82) is 0 Å². The zero-order chi connectivity index (χ0) is 18.6. The Morgan fingerprint density at radius 3 is 2.78 bits per heavy atom. The lowest BCUT2D eigenvalue weighted by Gasteiger charge is -2.30. The van der Waals surface area contributed by atoms with E-state index in [1.165, 1.54) is 0 Å². The van der Waals surface area contributed by atoms with Crippen molar-refractivity contribution in [2.75, 3.05) is 19.6 Å². The number of benzene rings is 2. The number of piperidine rings is 1. The average molecular weight is 384 g/mol. The molecule has 1 aliphatic heterocycles. The monoisotopic (exact) mass is 383 g/mol. The first-order valence-electron chi connectivity index (χ1n) is 9.32. The van der Waals surface area contributed by atoms with Crippen molar-refractivity contribution in [3.8, 4) is 0 Å². The van der Waals surface area contributed by atoms with Gasteiger partial charge in [0.15, 0.2) is 11.5 Å². The van der Waals surface area contributed by atoms with E-state index in [9.17, 15) is 4.79 Å². The first-order chi connectivity index (χ1) is 13.2. The van der Waals surface area contributed by atoms with Gasteiger partial charge in [0, 0.05) is 30.6 Å². The lowest BCUT2D eigenvalue weighted by Crippen LogP contribution is -2.44. The second-order valence-corrected chi connectivity index (χ2v) is 7.33. The van der Waals surface area contributed by atoms with Crippen LogP contribution < -0.4 is 5.32 Å². The summed E-state index contributed by atoms with van der Waals surface area (Å²) in [6, 6.07) is 15.5. The second-order valence-electron chi connectivity index (χ2n) is 6.89.